The van der Waals surface area contributed by atoms with Crippen molar-refractivity contribution in [3.8, 4) is 0 Å². The Kier molecular flexibility index (Phi) is 12.3. The van der Waals surface area contributed by atoms with E-state index < -0.39 is 60.2 Å². The summed E-state index contributed by atoms with van der Waals surface area (Å²) in [6.07, 6.45) is 3.86. The molecule has 0 aliphatic rings. The summed E-state index contributed by atoms with van der Waals surface area (Å²) in [7, 11) is 0. The third-order valence-electron chi connectivity index (χ3n) is 7.14. The van der Waals surface area contributed by atoms with E-state index in [1.165, 1.54) is 0 Å². The van der Waals surface area contributed by atoms with Crippen molar-refractivity contribution >= 4 is 40.5 Å². The van der Waals surface area contributed by atoms with E-state index in [4.69, 9.17) is 11.5 Å². The van der Waals surface area contributed by atoms with Crippen LogP contribution in [-0.2, 0) is 36.8 Å². The molecule has 0 saturated heterocycles. The van der Waals surface area contributed by atoms with Crippen molar-refractivity contribution in [2.45, 2.75) is 76.0 Å². The summed E-state index contributed by atoms with van der Waals surface area (Å²) in [5.74, 6) is -4.33. The largest absolute Gasteiger partial charge is 0.481 e. The second kappa shape index (κ2) is 16.1. The van der Waals surface area contributed by atoms with Gasteiger partial charge in [0.2, 0.25) is 23.6 Å². The first-order valence-corrected chi connectivity index (χ1v) is 14.4. The van der Waals surface area contributed by atoms with Gasteiger partial charge in [0.1, 0.15) is 18.1 Å². The summed E-state index contributed by atoms with van der Waals surface area (Å²) < 4.78 is 0. The van der Waals surface area contributed by atoms with Crippen LogP contribution in [0.1, 0.15) is 50.2 Å². The van der Waals surface area contributed by atoms with Gasteiger partial charge in [-0.25, -0.2) is 0 Å². The number of carboxylic acid groups (broad SMARTS) is 1. The van der Waals surface area contributed by atoms with Gasteiger partial charge in [0.05, 0.1) is 12.5 Å². The quantitative estimate of drug-likeness (QED) is 0.114. The summed E-state index contributed by atoms with van der Waals surface area (Å²) in [4.78, 5) is 66.4. The van der Waals surface area contributed by atoms with Gasteiger partial charge in [0.15, 0.2) is 0 Å². The Hall–Kier alpha value is -4.71. The molecule has 12 nitrogen and oxygen atoms in total. The Morgan fingerprint density at radius 1 is 0.814 bits per heavy atom. The van der Waals surface area contributed by atoms with Gasteiger partial charge >= 0.3 is 5.97 Å². The highest BCUT2D eigenvalue weighted by Gasteiger charge is 2.31. The average molecular weight is 593 g/mol. The zero-order chi connectivity index (χ0) is 31.4. The van der Waals surface area contributed by atoms with Gasteiger partial charge < -0.3 is 37.5 Å². The standard InChI is InChI=1S/C31H40N6O6/c1-2-3-5-14-24(35-29(41)22(32)16-20-18-34-23-13-9-8-12-21(20)23)30(42)37-26(17-27(38)39)31(43)36-25(28(33)40)15-19-10-6-4-7-11-19/h4,6-13,18,22,24-26,34H,2-3,5,14-17,32H2,1H3,(H2,33,40)(H,35,41)(H,36,43)(H,37,42)(H,38,39)/t22-,24-,25-,26-/m0/s1. The first-order chi connectivity index (χ1) is 20.6. The molecular weight excluding hydrogens is 552 g/mol. The monoisotopic (exact) mass is 592 g/mol. The number of carbonyl (C=O) groups excluding carboxylic acids is 4. The van der Waals surface area contributed by atoms with Gasteiger partial charge in [-0.05, 0) is 30.0 Å². The van der Waals surface area contributed by atoms with Crippen LogP contribution >= 0.6 is 0 Å². The van der Waals surface area contributed by atoms with E-state index >= 15 is 0 Å². The van der Waals surface area contributed by atoms with Gasteiger partial charge in [-0.15, -0.1) is 0 Å². The number of hydrogen-bond acceptors (Lipinski definition) is 6. The Morgan fingerprint density at radius 3 is 2.12 bits per heavy atom. The second-order valence-electron chi connectivity index (χ2n) is 10.5. The Balaban J connectivity index is 1.70. The molecule has 1 heterocycles. The summed E-state index contributed by atoms with van der Waals surface area (Å²) >= 11 is 0. The van der Waals surface area contributed by atoms with Crippen LogP contribution in [0.25, 0.3) is 10.9 Å². The van der Waals surface area contributed by atoms with Crippen molar-refractivity contribution in [3.05, 3.63) is 71.9 Å². The number of nitrogens with one attached hydrogen (secondary N) is 4. The number of fused-ring (bicyclic) bond motifs is 1. The molecule has 43 heavy (non-hydrogen) atoms. The summed E-state index contributed by atoms with van der Waals surface area (Å²) in [6, 6.07) is 11.8. The van der Waals surface area contributed by atoms with Crippen LogP contribution in [0.15, 0.2) is 60.8 Å². The van der Waals surface area contributed by atoms with Gasteiger partial charge in [-0.1, -0.05) is 74.7 Å². The molecule has 0 aliphatic heterocycles. The van der Waals surface area contributed by atoms with Crippen molar-refractivity contribution in [1.29, 1.82) is 0 Å². The lowest BCUT2D eigenvalue weighted by molar-refractivity contribution is -0.141. The van der Waals surface area contributed by atoms with E-state index in [0.29, 0.717) is 6.42 Å². The van der Waals surface area contributed by atoms with E-state index in [9.17, 15) is 29.1 Å². The number of carbonyl (C=O) groups is 5. The van der Waals surface area contributed by atoms with E-state index in [0.717, 1.165) is 34.9 Å². The van der Waals surface area contributed by atoms with Gasteiger partial charge in [0.25, 0.3) is 0 Å². The van der Waals surface area contributed by atoms with Gasteiger partial charge in [0, 0.05) is 23.5 Å². The first-order valence-electron chi connectivity index (χ1n) is 14.4. The number of para-hydroxylation sites is 1. The molecule has 12 heteroatoms. The second-order valence-corrected chi connectivity index (χ2v) is 10.5. The van der Waals surface area contributed by atoms with Crippen LogP contribution in [0, 0.1) is 0 Å². The number of nitrogens with two attached hydrogens (primary N) is 2. The van der Waals surface area contributed by atoms with Crippen LogP contribution in [0.4, 0.5) is 0 Å². The topological polar surface area (TPSA) is 209 Å². The summed E-state index contributed by atoms with van der Waals surface area (Å²) in [6.45, 7) is 1.99. The van der Waals surface area contributed by atoms with Crippen LogP contribution in [0.3, 0.4) is 0 Å². The average Bonchev–Trinajstić information content (AvgIpc) is 3.38. The van der Waals surface area contributed by atoms with Crippen molar-refractivity contribution in [2.24, 2.45) is 11.5 Å². The van der Waals surface area contributed by atoms with E-state index in [1.807, 2.05) is 31.2 Å². The molecule has 0 aliphatic carbocycles. The first kappa shape index (κ1) is 32.8. The molecule has 230 valence electrons. The predicted octanol–water partition coefficient (Wildman–Crippen LogP) is 1.28. The minimum atomic E-state index is -1.52. The highest BCUT2D eigenvalue weighted by Crippen LogP contribution is 2.19. The molecule has 1 aromatic heterocycles. The molecule has 9 N–H and O–H groups in total. The fraction of sp³-hybridized carbons (Fsp3) is 0.387. The smallest absolute Gasteiger partial charge is 0.305 e. The zero-order valence-electron chi connectivity index (χ0n) is 24.2. The highest BCUT2D eigenvalue weighted by molar-refractivity contribution is 5.96. The number of aromatic nitrogens is 1. The Labute approximate surface area is 250 Å². The molecule has 0 fully saturated rings. The van der Waals surface area contributed by atoms with Crippen molar-refractivity contribution < 1.29 is 29.1 Å². The predicted molar refractivity (Wildman–Crippen MR) is 162 cm³/mol. The van der Waals surface area contributed by atoms with Crippen molar-refractivity contribution in [2.75, 3.05) is 0 Å². The fourth-order valence-corrected chi connectivity index (χ4v) is 4.78. The van der Waals surface area contributed by atoms with E-state index in [-0.39, 0.29) is 19.3 Å². The minimum Gasteiger partial charge on any atom is -0.481 e. The molecule has 0 unspecified atom stereocenters. The number of H-pyrrole nitrogens is 1. The molecular formula is C31H40N6O6. The number of primary amides is 1. The molecule has 2 aromatic carbocycles. The van der Waals surface area contributed by atoms with E-state index in [1.54, 1.807) is 36.5 Å². The van der Waals surface area contributed by atoms with Crippen molar-refractivity contribution in [1.82, 2.24) is 20.9 Å². The van der Waals surface area contributed by atoms with Crippen LogP contribution < -0.4 is 27.4 Å². The van der Waals surface area contributed by atoms with E-state index in [2.05, 4.69) is 20.9 Å². The molecule has 0 bridgehead atoms. The summed E-state index contributed by atoms with van der Waals surface area (Å²) in [5.41, 5.74) is 14.2. The number of aromatic amines is 1. The molecule has 4 atom stereocenters. The Bertz CT molecular complexity index is 1410. The number of carboxylic acids is 1. The lowest BCUT2D eigenvalue weighted by Gasteiger charge is -2.25. The Morgan fingerprint density at radius 2 is 1.44 bits per heavy atom. The normalized spacial score (nSPS) is 13.8. The number of rotatable bonds is 17. The third-order valence-corrected chi connectivity index (χ3v) is 7.14. The molecule has 0 saturated carbocycles. The van der Waals surface area contributed by atoms with Gasteiger partial charge in [-0.3, -0.25) is 24.0 Å². The molecule has 4 amide bonds. The number of benzene rings is 2. The molecule has 0 radical (unpaired) electrons. The highest BCUT2D eigenvalue weighted by atomic mass is 16.4. The molecule has 3 rings (SSSR count). The lowest BCUT2D eigenvalue weighted by atomic mass is 10.0. The fourth-order valence-electron chi connectivity index (χ4n) is 4.78. The van der Waals surface area contributed by atoms with Crippen molar-refractivity contribution in [3.63, 3.8) is 0 Å². The molecule has 0 spiro atoms. The maximum Gasteiger partial charge on any atom is 0.305 e. The SMILES string of the molecule is CCCCC[C@H](NC(=O)[C@@H](N)Cc1c[nH]c2ccccc12)C(=O)N[C@@H](CC(=O)O)C(=O)N[C@@H](Cc1ccccc1)C(N)=O. The number of amides is 4. The maximum absolute atomic E-state index is 13.4. The molecule has 3 aromatic rings. The lowest BCUT2D eigenvalue weighted by Crippen LogP contribution is -2.58. The number of unbranched alkanes of at least 4 members (excludes halogenated alkanes) is 2. The number of aliphatic carboxylic acids is 1. The van der Waals surface area contributed by atoms with Gasteiger partial charge in [-0.2, -0.15) is 0 Å². The van der Waals surface area contributed by atoms with Crippen LogP contribution in [0.5, 0.6) is 0 Å². The zero-order valence-corrected chi connectivity index (χ0v) is 24.2. The van der Waals surface area contributed by atoms with Crippen LogP contribution in [0.2, 0.25) is 0 Å². The third kappa shape index (κ3) is 9.96. The maximum atomic E-state index is 13.4. The number of hydrogen-bond donors (Lipinski definition) is 7. The van der Waals surface area contributed by atoms with Crippen LogP contribution in [-0.4, -0.2) is 63.9 Å². The summed E-state index contributed by atoms with van der Waals surface area (Å²) in [5, 5.41) is 18.0. The minimum absolute atomic E-state index is 0.0830.